The summed E-state index contributed by atoms with van der Waals surface area (Å²) in [5, 5.41) is 8.21. The number of fused-ring (bicyclic) bond motifs is 1. The number of nitrogens with one attached hydrogen (secondary N) is 3. The predicted octanol–water partition coefficient (Wildman–Crippen LogP) is 3.44. The molecule has 2 amide bonds. The average Bonchev–Trinajstić information content (AvgIpc) is 3.57. The number of benzene rings is 2. The summed E-state index contributed by atoms with van der Waals surface area (Å²) in [5.74, 6) is -0.769. The number of aromatic nitrogens is 1. The normalized spacial score (nSPS) is 11.6. The summed E-state index contributed by atoms with van der Waals surface area (Å²) >= 11 is 1.28. The number of amides is 2. The van der Waals surface area contributed by atoms with Gasteiger partial charge in [0.15, 0.2) is 6.61 Å². The summed E-state index contributed by atoms with van der Waals surface area (Å²) in [4.78, 5) is 41.5. The Balaban J connectivity index is 1.38. The molecule has 0 unspecified atom stereocenters. The SMILES string of the molecule is COc1ccc(CNC(=O)COC(=O)[C@@H](Cc2c[nH]c3ccccc23)NC(=O)c2cccs2)cc1. The van der Waals surface area contributed by atoms with Crippen LogP contribution in [0.1, 0.15) is 20.8 Å². The van der Waals surface area contributed by atoms with Crippen molar-refractivity contribution in [3.8, 4) is 5.75 Å². The maximum absolute atomic E-state index is 12.9. The molecule has 4 aromatic rings. The lowest BCUT2D eigenvalue weighted by atomic mass is 10.0. The lowest BCUT2D eigenvalue weighted by Crippen LogP contribution is -2.44. The van der Waals surface area contributed by atoms with E-state index in [0.29, 0.717) is 4.88 Å². The molecule has 2 heterocycles. The monoisotopic (exact) mass is 491 g/mol. The summed E-state index contributed by atoms with van der Waals surface area (Å²) in [6, 6.07) is 17.5. The predicted molar refractivity (Wildman–Crippen MR) is 133 cm³/mol. The zero-order valence-electron chi connectivity index (χ0n) is 19.1. The van der Waals surface area contributed by atoms with E-state index in [9.17, 15) is 14.4 Å². The van der Waals surface area contributed by atoms with Gasteiger partial charge in [0.25, 0.3) is 11.8 Å². The number of methoxy groups -OCH3 is 1. The van der Waals surface area contributed by atoms with Crippen molar-refractivity contribution in [1.29, 1.82) is 0 Å². The van der Waals surface area contributed by atoms with Crippen molar-refractivity contribution in [2.24, 2.45) is 0 Å². The molecular weight excluding hydrogens is 466 g/mol. The van der Waals surface area contributed by atoms with Gasteiger partial charge in [-0.15, -0.1) is 11.3 Å². The molecule has 1 atom stereocenters. The second-order valence-corrected chi connectivity index (χ2v) is 8.75. The van der Waals surface area contributed by atoms with Gasteiger partial charge in [-0.25, -0.2) is 4.79 Å². The molecule has 0 fully saturated rings. The third-order valence-electron chi connectivity index (χ3n) is 5.43. The fourth-order valence-corrected chi connectivity index (χ4v) is 4.21. The number of hydrogen-bond acceptors (Lipinski definition) is 6. The number of hydrogen-bond donors (Lipinski definition) is 3. The van der Waals surface area contributed by atoms with Crippen molar-refractivity contribution >= 4 is 40.0 Å². The highest BCUT2D eigenvalue weighted by Gasteiger charge is 2.25. The molecule has 0 spiro atoms. The quantitative estimate of drug-likeness (QED) is 0.295. The molecular formula is C26H25N3O5S. The molecule has 2 aromatic heterocycles. The Morgan fingerprint density at radius 2 is 1.83 bits per heavy atom. The number of carbonyl (C=O) groups is 3. The zero-order valence-corrected chi connectivity index (χ0v) is 19.9. The zero-order chi connectivity index (χ0) is 24.6. The van der Waals surface area contributed by atoms with E-state index in [-0.39, 0.29) is 18.9 Å². The first-order valence-electron chi connectivity index (χ1n) is 11.0. The summed E-state index contributed by atoms with van der Waals surface area (Å²) in [6.07, 6.45) is 2.03. The molecule has 0 saturated heterocycles. The molecule has 2 aromatic carbocycles. The molecule has 0 aliphatic carbocycles. The van der Waals surface area contributed by atoms with Crippen LogP contribution in [0.2, 0.25) is 0 Å². The van der Waals surface area contributed by atoms with Crippen LogP contribution >= 0.6 is 11.3 Å². The van der Waals surface area contributed by atoms with Crippen LogP contribution in [-0.2, 0) is 27.3 Å². The fraction of sp³-hybridized carbons (Fsp3) is 0.192. The standard InChI is InChI=1S/C26H25N3O5S/c1-33-19-10-8-17(9-11-19)14-28-24(30)16-34-26(32)22(29-25(31)23-7-4-12-35-23)13-18-15-27-21-6-3-2-5-20(18)21/h2-12,15,22,27H,13-14,16H2,1H3,(H,28,30)(H,29,31)/t22-/m1/s1. The van der Waals surface area contributed by atoms with E-state index in [4.69, 9.17) is 9.47 Å². The number of para-hydroxylation sites is 1. The van der Waals surface area contributed by atoms with Gasteiger partial charge in [-0.2, -0.15) is 0 Å². The minimum Gasteiger partial charge on any atom is -0.497 e. The van der Waals surface area contributed by atoms with Crippen LogP contribution in [0.3, 0.4) is 0 Å². The summed E-state index contributed by atoms with van der Waals surface area (Å²) in [7, 11) is 1.58. The van der Waals surface area contributed by atoms with E-state index < -0.39 is 24.5 Å². The molecule has 0 saturated carbocycles. The van der Waals surface area contributed by atoms with Crippen LogP contribution in [0.5, 0.6) is 5.75 Å². The second kappa shape index (κ2) is 11.3. The number of esters is 1. The van der Waals surface area contributed by atoms with Crippen molar-refractivity contribution in [1.82, 2.24) is 15.6 Å². The molecule has 35 heavy (non-hydrogen) atoms. The molecule has 180 valence electrons. The first kappa shape index (κ1) is 24.0. The van der Waals surface area contributed by atoms with Gasteiger partial charge >= 0.3 is 5.97 Å². The Bertz CT molecular complexity index is 1300. The van der Waals surface area contributed by atoms with Crippen LogP contribution in [-0.4, -0.2) is 42.5 Å². The number of carbonyl (C=O) groups excluding carboxylic acids is 3. The van der Waals surface area contributed by atoms with Gasteiger partial charge in [0.1, 0.15) is 11.8 Å². The molecule has 8 nitrogen and oxygen atoms in total. The number of H-pyrrole nitrogens is 1. The van der Waals surface area contributed by atoms with E-state index in [2.05, 4.69) is 15.6 Å². The number of aromatic amines is 1. The topological polar surface area (TPSA) is 110 Å². The van der Waals surface area contributed by atoms with Gasteiger partial charge in [0, 0.05) is 30.1 Å². The lowest BCUT2D eigenvalue weighted by molar-refractivity contribution is -0.150. The van der Waals surface area contributed by atoms with Gasteiger partial charge in [-0.3, -0.25) is 9.59 Å². The fourth-order valence-electron chi connectivity index (χ4n) is 3.58. The maximum atomic E-state index is 12.9. The third kappa shape index (κ3) is 6.27. The van der Waals surface area contributed by atoms with Gasteiger partial charge in [0.2, 0.25) is 0 Å². The summed E-state index contributed by atoms with van der Waals surface area (Å²) in [5.41, 5.74) is 2.67. The molecule has 3 N–H and O–H groups in total. The number of rotatable bonds is 10. The smallest absolute Gasteiger partial charge is 0.329 e. The molecule has 0 radical (unpaired) electrons. The minimum absolute atomic E-state index is 0.216. The Hall–Kier alpha value is -4.11. The Kier molecular flexibility index (Phi) is 7.79. The van der Waals surface area contributed by atoms with E-state index in [0.717, 1.165) is 27.8 Å². The van der Waals surface area contributed by atoms with Crippen LogP contribution in [0.25, 0.3) is 10.9 Å². The van der Waals surface area contributed by atoms with Crippen LogP contribution in [0.15, 0.2) is 72.2 Å². The van der Waals surface area contributed by atoms with Gasteiger partial charge in [-0.1, -0.05) is 36.4 Å². The second-order valence-electron chi connectivity index (χ2n) is 7.80. The molecule has 0 aliphatic rings. The Morgan fingerprint density at radius 3 is 2.57 bits per heavy atom. The van der Waals surface area contributed by atoms with Crippen LogP contribution < -0.4 is 15.4 Å². The van der Waals surface area contributed by atoms with Crippen LogP contribution in [0, 0.1) is 0 Å². The van der Waals surface area contributed by atoms with E-state index >= 15 is 0 Å². The van der Waals surface area contributed by atoms with E-state index in [1.807, 2.05) is 42.6 Å². The largest absolute Gasteiger partial charge is 0.497 e. The first-order chi connectivity index (χ1) is 17.0. The molecule has 0 aliphatic heterocycles. The van der Waals surface area contributed by atoms with Gasteiger partial charge in [0.05, 0.1) is 12.0 Å². The van der Waals surface area contributed by atoms with Gasteiger partial charge in [-0.05, 0) is 40.8 Å². The molecule has 4 rings (SSSR count). The van der Waals surface area contributed by atoms with Crippen molar-refractivity contribution in [3.05, 3.63) is 88.2 Å². The van der Waals surface area contributed by atoms with Crippen molar-refractivity contribution < 1.29 is 23.9 Å². The maximum Gasteiger partial charge on any atom is 0.329 e. The molecule has 0 bridgehead atoms. The van der Waals surface area contributed by atoms with Crippen molar-refractivity contribution in [2.45, 2.75) is 19.0 Å². The average molecular weight is 492 g/mol. The Labute approximate surface area is 206 Å². The Morgan fingerprint density at radius 1 is 1.03 bits per heavy atom. The lowest BCUT2D eigenvalue weighted by Gasteiger charge is -2.17. The summed E-state index contributed by atoms with van der Waals surface area (Å²) in [6.45, 7) is -0.164. The number of ether oxygens (including phenoxy) is 2. The van der Waals surface area contributed by atoms with Crippen molar-refractivity contribution in [3.63, 3.8) is 0 Å². The van der Waals surface area contributed by atoms with Crippen LogP contribution in [0.4, 0.5) is 0 Å². The summed E-state index contributed by atoms with van der Waals surface area (Å²) < 4.78 is 10.4. The highest BCUT2D eigenvalue weighted by Crippen LogP contribution is 2.20. The van der Waals surface area contributed by atoms with E-state index in [1.54, 1.807) is 36.8 Å². The highest BCUT2D eigenvalue weighted by atomic mass is 32.1. The number of thiophene rings is 1. The van der Waals surface area contributed by atoms with Gasteiger partial charge < -0.3 is 25.1 Å². The van der Waals surface area contributed by atoms with Crippen molar-refractivity contribution in [2.75, 3.05) is 13.7 Å². The molecule has 9 heteroatoms. The highest BCUT2D eigenvalue weighted by molar-refractivity contribution is 7.12. The first-order valence-corrected chi connectivity index (χ1v) is 11.9. The minimum atomic E-state index is -0.960. The third-order valence-corrected chi connectivity index (χ3v) is 6.30. The van der Waals surface area contributed by atoms with E-state index in [1.165, 1.54) is 11.3 Å².